The van der Waals surface area contributed by atoms with E-state index in [0.717, 1.165) is 6.42 Å². The fourth-order valence-electron chi connectivity index (χ4n) is 1.86. The maximum atomic E-state index is 10.7. The van der Waals surface area contributed by atoms with E-state index >= 15 is 0 Å². The van der Waals surface area contributed by atoms with Gasteiger partial charge in [-0.2, -0.15) is 0 Å². The molecule has 4 nitrogen and oxygen atoms in total. The van der Waals surface area contributed by atoms with Crippen molar-refractivity contribution in [3.63, 3.8) is 0 Å². The molecule has 14 heavy (non-hydrogen) atoms. The zero-order valence-corrected chi connectivity index (χ0v) is 8.78. The monoisotopic (exact) mass is 200 g/mol. The predicted octanol–water partition coefficient (Wildman–Crippen LogP) is 1.28. The molecule has 0 amide bonds. The van der Waals surface area contributed by atoms with E-state index in [2.05, 4.69) is 0 Å². The number of rotatable bonds is 2. The van der Waals surface area contributed by atoms with Crippen LogP contribution >= 0.6 is 0 Å². The van der Waals surface area contributed by atoms with Crippen molar-refractivity contribution in [3.05, 3.63) is 0 Å². The van der Waals surface area contributed by atoms with Crippen molar-refractivity contribution in [3.8, 4) is 0 Å². The van der Waals surface area contributed by atoms with E-state index in [9.17, 15) is 9.59 Å². The third-order valence-corrected chi connectivity index (χ3v) is 2.41. The summed E-state index contributed by atoms with van der Waals surface area (Å²) in [4.78, 5) is 21.4. The van der Waals surface area contributed by atoms with Gasteiger partial charge in [-0.25, -0.2) is 0 Å². The number of carbonyl (C=O) groups excluding carboxylic acids is 2. The van der Waals surface area contributed by atoms with Gasteiger partial charge in [0.25, 0.3) is 0 Å². The van der Waals surface area contributed by atoms with Gasteiger partial charge in [0, 0.05) is 20.3 Å². The zero-order valence-electron chi connectivity index (χ0n) is 8.78. The van der Waals surface area contributed by atoms with E-state index in [1.807, 2.05) is 6.92 Å². The van der Waals surface area contributed by atoms with Crippen molar-refractivity contribution < 1.29 is 19.1 Å². The van der Waals surface area contributed by atoms with Crippen LogP contribution in [0.4, 0.5) is 0 Å². The Labute approximate surface area is 83.6 Å². The summed E-state index contributed by atoms with van der Waals surface area (Å²) in [5, 5.41) is 0. The van der Waals surface area contributed by atoms with Gasteiger partial charge >= 0.3 is 11.9 Å². The maximum Gasteiger partial charge on any atom is 0.302 e. The maximum absolute atomic E-state index is 10.7. The first kappa shape index (κ1) is 11.0. The SMILES string of the molecule is CC(=O)OC1CC(C)C(OC(C)=O)C1. The summed E-state index contributed by atoms with van der Waals surface area (Å²) in [5.74, 6) is -0.278. The van der Waals surface area contributed by atoms with Crippen LogP contribution in [0, 0.1) is 5.92 Å². The highest BCUT2D eigenvalue weighted by Crippen LogP contribution is 2.30. The molecular formula is C10H16O4. The highest BCUT2D eigenvalue weighted by Gasteiger charge is 2.35. The van der Waals surface area contributed by atoms with Crippen LogP contribution in [-0.2, 0) is 19.1 Å². The standard InChI is InChI=1S/C10H16O4/c1-6-4-9(13-7(2)11)5-10(6)14-8(3)12/h6,9-10H,4-5H2,1-3H3. The average molecular weight is 200 g/mol. The predicted molar refractivity (Wildman–Crippen MR) is 49.5 cm³/mol. The fourth-order valence-corrected chi connectivity index (χ4v) is 1.86. The summed E-state index contributed by atoms with van der Waals surface area (Å²) < 4.78 is 10.2. The first-order valence-electron chi connectivity index (χ1n) is 4.83. The minimum atomic E-state index is -0.273. The van der Waals surface area contributed by atoms with Crippen LogP contribution in [0.3, 0.4) is 0 Å². The second-order valence-electron chi connectivity index (χ2n) is 3.83. The van der Waals surface area contributed by atoms with Crippen molar-refractivity contribution in [1.29, 1.82) is 0 Å². The number of hydrogen-bond acceptors (Lipinski definition) is 4. The molecule has 0 aromatic heterocycles. The fraction of sp³-hybridized carbons (Fsp3) is 0.800. The van der Waals surface area contributed by atoms with Crippen molar-refractivity contribution in [1.82, 2.24) is 0 Å². The summed E-state index contributed by atoms with van der Waals surface area (Å²) in [5.41, 5.74) is 0. The lowest BCUT2D eigenvalue weighted by Gasteiger charge is -2.14. The molecular weight excluding hydrogens is 184 g/mol. The Bertz CT molecular complexity index is 236. The Kier molecular flexibility index (Phi) is 3.49. The second-order valence-corrected chi connectivity index (χ2v) is 3.83. The Hall–Kier alpha value is -1.06. The summed E-state index contributed by atoms with van der Waals surface area (Å²) >= 11 is 0. The molecule has 1 fully saturated rings. The van der Waals surface area contributed by atoms with Crippen LogP contribution in [0.5, 0.6) is 0 Å². The number of ether oxygens (including phenoxy) is 2. The first-order chi connectivity index (χ1) is 6.49. The topological polar surface area (TPSA) is 52.6 Å². The lowest BCUT2D eigenvalue weighted by atomic mass is 10.1. The molecule has 1 aliphatic rings. The Morgan fingerprint density at radius 1 is 1.07 bits per heavy atom. The molecule has 1 rings (SSSR count). The van der Waals surface area contributed by atoms with Crippen LogP contribution in [0.2, 0.25) is 0 Å². The smallest absolute Gasteiger partial charge is 0.302 e. The van der Waals surface area contributed by atoms with Gasteiger partial charge in [0.1, 0.15) is 12.2 Å². The molecule has 0 bridgehead atoms. The molecule has 1 saturated carbocycles. The minimum Gasteiger partial charge on any atom is -0.462 e. The third kappa shape index (κ3) is 3.01. The first-order valence-corrected chi connectivity index (χ1v) is 4.83. The molecule has 4 heteroatoms. The van der Waals surface area contributed by atoms with Crippen molar-refractivity contribution >= 4 is 11.9 Å². The second kappa shape index (κ2) is 4.44. The van der Waals surface area contributed by atoms with E-state index in [1.165, 1.54) is 13.8 Å². The molecule has 0 aliphatic heterocycles. The van der Waals surface area contributed by atoms with Crippen LogP contribution in [-0.4, -0.2) is 24.1 Å². The number of carbonyl (C=O) groups is 2. The Morgan fingerprint density at radius 3 is 2.14 bits per heavy atom. The van der Waals surface area contributed by atoms with Crippen LogP contribution in [0.1, 0.15) is 33.6 Å². The lowest BCUT2D eigenvalue weighted by molar-refractivity contribution is -0.149. The van der Waals surface area contributed by atoms with Gasteiger partial charge in [-0.1, -0.05) is 6.92 Å². The number of hydrogen-bond donors (Lipinski definition) is 0. The van der Waals surface area contributed by atoms with E-state index in [1.54, 1.807) is 0 Å². The molecule has 0 aromatic rings. The summed E-state index contributed by atoms with van der Waals surface area (Å²) in [6.45, 7) is 4.78. The molecule has 0 radical (unpaired) electrons. The van der Waals surface area contributed by atoms with E-state index < -0.39 is 0 Å². The highest BCUT2D eigenvalue weighted by atomic mass is 16.6. The highest BCUT2D eigenvalue weighted by molar-refractivity contribution is 5.66. The van der Waals surface area contributed by atoms with Gasteiger partial charge in [-0.15, -0.1) is 0 Å². The van der Waals surface area contributed by atoms with Crippen molar-refractivity contribution in [2.24, 2.45) is 5.92 Å². The zero-order chi connectivity index (χ0) is 10.7. The van der Waals surface area contributed by atoms with Gasteiger partial charge in [0.05, 0.1) is 0 Å². The third-order valence-electron chi connectivity index (χ3n) is 2.41. The molecule has 80 valence electrons. The van der Waals surface area contributed by atoms with Crippen LogP contribution in [0.25, 0.3) is 0 Å². The Morgan fingerprint density at radius 2 is 1.64 bits per heavy atom. The normalized spacial score (nSPS) is 31.2. The van der Waals surface area contributed by atoms with Crippen LogP contribution < -0.4 is 0 Å². The molecule has 3 unspecified atom stereocenters. The molecule has 0 heterocycles. The van der Waals surface area contributed by atoms with E-state index in [-0.39, 0.29) is 30.1 Å². The molecule has 0 aromatic carbocycles. The number of esters is 2. The largest absolute Gasteiger partial charge is 0.462 e. The van der Waals surface area contributed by atoms with Crippen LogP contribution in [0.15, 0.2) is 0 Å². The van der Waals surface area contributed by atoms with Crippen molar-refractivity contribution in [2.45, 2.75) is 45.8 Å². The quantitative estimate of drug-likeness (QED) is 0.630. The van der Waals surface area contributed by atoms with Crippen molar-refractivity contribution in [2.75, 3.05) is 0 Å². The summed E-state index contributed by atoms with van der Waals surface area (Å²) in [6.07, 6.45) is 1.21. The molecule has 3 atom stereocenters. The van der Waals surface area contributed by atoms with Gasteiger partial charge < -0.3 is 9.47 Å². The minimum absolute atomic E-state index is 0.0909. The van der Waals surface area contributed by atoms with E-state index in [0.29, 0.717) is 6.42 Å². The van der Waals surface area contributed by atoms with Gasteiger partial charge in [0.15, 0.2) is 0 Å². The van der Waals surface area contributed by atoms with Gasteiger partial charge in [0.2, 0.25) is 0 Å². The Balaban J connectivity index is 2.42. The summed E-state index contributed by atoms with van der Waals surface area (Å²) in [7, 11) is 0. The van der Waals surface area contributed by atoms with Gasteiger partial charge in [-0.3, -0.25) is 9.59 Å². The molecule has 0 N–H and O–H groups in total. The summed E-state index contributed by atoms with van der Waals surface area (Å²) in [6, 6.07) is 0. The molecule has 1 aliphatic carbocycles. The van der Waals surface area contributed by atoms with E-state index in [4.69, 9.17) is 9.47 Å². The van der Waals surface area contributed by atoms with Gasteiger partial charge in [-0.05, 0) is 12.3 Å². The lowest BCUT2D eigenvalue weighted by Crippen LogP contribution is -2.19. The molecule has 0 saturated heterocycles. The average Bonchev–Trinajstić information content (AvgIpc) is 2.28. The molecule has 0 spiro atoms.